The predicted molar refractivity (Wildman–Crippen MR) is 68.7 cm³/mol. The van der Waals surface area contributed by atoms with Gasteiger partial charge < -0.3 is 9.94 Å². The minimum atomic E-state index is 0.332. The summed E-state index contributed by atoms with van der Waals surface area (Å²) < 4.78 is 6.23. The SMILES string of the molecule is CCC[C@H]1C=[N+]([O-])C[C@@H]1c1ccc(OC)cc1. The Morgan fingerprint density at radius 2 is 2.06 bits per heavy atom. The fourth-order valence-corrected chi connectivity index (χ4v) is 2.52. The maximum Gasteiger partial charge on any atom is 0.160 e. The first kappa shape index (κ1) is 12.0. The smallest absolute Gasteiger partial charge is 0.160 e. The summed E-state index contributed by atoms with van der Waals surface area (Å²) in [6.07, 6.45) is 4.02. The highest BCUT2D eigenvalue weighted by atomic mass is 16.5. The molecule has 92 valence electrons. The predicted octanol–water partition coefficient (Wildman–Crippen LogP) is 2.79. The second-order valence-electron chi connectivity index (χ2n) is 4.58. The van der Waals surface area contributed by atoms with Crippen LogP contribution in [0.3, 0.4) is 0 Å². The van der Waals surface area contributed by atoms with Gasteiger partial charge in [-0.15, -0.1) is 0 Å². The molecule has 0 amide bonds. The molecule has 1 aliphatic rings. The summed E-state index contributed by atoms with van der Waals surface area (Å²) in [5.74, 6) is 1.57. The molecule has 0 fully saturated rings. The van der Waals surface area contributed by atoms with Crippen LogP contribution in [0.2, 0.25) is 0 Å². The van der Waals surface area contributed by atoms with Crippen LogP contribution in [0.4, 0.5) is 0 Å². The van der Waals surface area contributed by atoms with E-state index in [0.717, 1.165) is 23.3 Å². The number of hydrogen-bond donors (Lipinski definition) is 0. The van der Waals surface area contributed by atoms with Crippen molar-refractivity contribution < 1.29 is 9.48 Å². The molecule has 3 nitrogen and oxygen atoms in total. The van der Waals surface area contributed by atoms with E-state index in [2.05, 4.69) is 19.1 Å². The Labute approximate surface area is 102 Å². The van der Waals surface area contributed by atoms with E-state index in [4.69, 9.17) is 4.74 Å². The molecule has 0 saturated heterocycles. The van der Waals surface area contributed by atoms with Crippen molar-refractivity contribution >= 4 is 6.21 Å². The lowest BCUT2D eigenvalue weighted by Crippen LogP contribution is -2.12. The van der Waals surface area contributed by atoms with Gasteiger partial charge in [0.25, 0.3) is 0 Å². The van der Waals surface area contributed by atoms with Crippen LogP contribution in [0.1, 0.15) is 31.2 Å². The van der Waals surface area contributed by atoms with E-state index < -0.39 is 0 Å². The van der Waals surface area contributed by atoms with Gasteiger partial charge in [0.15, 0.2) is 12.8 Å². The van der Waals surface area contributed by atoms with Crippen molar-refractivity contribution in [3.8, 4) is 5.75 Å². The van der Waals surface area contributed by atoms with Gasteiger partial charge in [0, 0.05) is 0 Å². The van der Waals surface area contributed by atoms with Gasteiger partial charge in [-0.2, -0.15) is 0 Å². The van der Waals surface area contributed by atoms with Crippen LogP contribution < -0.4 is 4.74 Å². The lowest BCUT2D eigenvalue weighted by atomic mass is 9.86. The molecule has 0 bridgehead atoms. The van der Waals surface area contributed by atoms with Crippen molar-refractivity contribution in [1.29, 1.82) is 0 Å². The van der Waals surface area contributed by atoms with Crippen molar-refractivity contribution in [1.82, 2.24) is 0 Å². The molecule has 0 radical (unpaired) electrons. The van der Waals surface area contributed by atoms with Gasteiger partial charge in [0.05, 0.1) is 18.9 Å². The fourth-order valence-electron chi connectivity index (χ4n) is 2.52. The molecule has 0 unspecified atom stereocenters. The monoisotopic (exact) mass is 233 g/mol. The number of methoxy groups -OCH3 is 1. The third kappa shape index (κ3) is 2.60. The highest BCUT2D eigenvalue weighted by molar-refractivity contribution is 5.59. The van der Waals surface area contributed by atoms with Gasteiger partial charge in [-0.05, 0) is 24.1 Å². The third-order valence-electron chi connectivity index (χ3n) is 3.42. The summed E-state index contributed by atoms with van der Waals surface area (Å²) in [6.45, 7) is 2.74. The molecular weight excluding hydrogens is 214 g/mol. The van der Waals surface area contributed by atoms with E-state index in [1.54, 1.807) is 7.11 Å². The average Bonchev–Trinajstić information content (AvgIpc) is 2.71. The molecule has 3 heteroatoms. The molecule has 2 rings (SSSR count). The highest BCUT2D eigenvalue weighted by Crippen LogP contribution is 2.31. The molecule has 1 aliphatic heterocycles. The van der Waals surface area contributed by atoms with Crippen molar-refractivity contribution in [3.05, 3.63) is 35.0 Å². The Morgan fingerprint density at radius 1 is 1.35 bits per heavy atom. The van der Waals surface area contributed by atoms with Gasteiger partial charge in [-0.3, -0.25) is 0 Å². The van der Waals surface area contributed by atoms with Gasteiger partial charge in [0.2, 0.25) is 0 Å². The quantitative estimate of drug-likeness (QED) is 0.592. The zero-order chi connectivity index (χ0) is 12.3. The molecule has 0 aromatic heterocycles. The summed E-state index contributed by atoms with van der Waals surface area (Å²) in [5, 5.41) is 11.5. The second-order valence-corrected chi connectivity index (χ2v) is 4.58. The standard InChI is InChI=1S/C14H19NO2/c1-3-4-12-9-15(16)10-14(12)11-5-7-13(17-2)8-6-11/h5-9,12,14H,3-4,10H2,1-2H3/t12-,14+/m0/s1. The van der Waals surface area contributed by atoms with Crippen LogP contribution in [0.25, 0.3) is 0 Å². The number of benzene rings is 1. The summed E-state index contributed by atoms with van der Waals surface area (Å²) in [5.41, 5.74) is 1.24. The van der Waals surface area contributed by atoms with Crippen molar-refractivity contribution in [2.75, 3.05) is 13.7 Å². The fraction of sp³-hybridized carbons (Fsp3) is 0.500. The first-order valence-corrected chi connectivity index (χ1v) is 6.17. The normalized spacial score (nSPS) is 23.5. The molecule has 2 atom stereocenters. The zero-order valence-electron chi connectivity index (χ0n) is 10.4. The summed E-state index contributed by atoms with van der Waals surface area (Å²) in [6, 6.07) is 8.07. The first-order valence-electron chi connectivity index (χ1n) is 6.17. The average molecular weight is 233 g/mol. The summed E-state index contributed by atoms with van der Waals surface area (Å²) >= 11 is 0. The number of ether oxygens (including phenoxy) is 1. The minimum Gasteiger partial charge on any atom is -0.624 e. The highest BCUT2D eigenvalue weighted by Gasteiger charge is 2.31. The molecule has 17 heavy (non-hydrogen) atoms. The summed E-state index contributed by atoms with van der Waals surface area (Å²) in [7, 11) is 1.66. The van der Waals surface area contributed by atoms with Crippen LogP contribution in [0.15, 0.2) is 24.3 Å². The molecular formula is C14H19NO2. The molecule has 1 aromatic rings. The van der Waals surface area contributed by atoms with E-state index >= 15 is 0 Å². The Kier molecular flexibility index (Phi) is 3.67. The largest absolute Gasteiger partial charge is 0.624 e. The van der Waals surface area contributed by atoms with Gasteiger partial charge >= 0.3 is 0 Å². The number of hydrogen-bond acceptors (Lipinski definition) is 2. The lowest BCUT2D eigenvalue weighted by molar-refractivity contribution is -0.446. The van der Waals surface area contributed by atoms with Crippen molar-refractivity contribution in [3.63, 3.8) is 0 Å². The van der Waals surface area contributed by atoms with Crippen LogP contribution >= 0.6 is 0 Å². The topological polar surface area (TPSA) is 35.3 Å². The van der Waals surface area contributed by atoms with Gasteiger partial charge in [0.1, 0.15) is 5.75 Å². The minimum absolute atomic E-state index is 0.332. The van der Waals surface area contributed by atoms with Gasteiger partial charge in [-0.25, -0.2) is 4.74 Å². The lowest BCUT2D eigenvalue weighted by Gasteiger charge is -2.14. The molecule has 0 N–H and O–H groups in total. The Hall–Kier alpha value is -1.51. The Balaban J connectivity index is 2.15. The Bertz CT molecular complexity index is 397. The molecule has 0 aliphatic carbocycles. The van der Waals surface area contributed by atoms with E-state index in [1.165, 1.54) is 5.56 Å². The zero-order valence-corrected chi connectivity index (χ0v) is 10.4. The number of hydroxylamine groups is 1. The molecule has 1 heterocycles. The van der Waals surface area contributed by atoms with Crippen LogP contribution in [-0.4, -0.2) is 24.6 Å². The van der Waals surface area contributed by atoms with Crippen molar-refractivity contribution in [2.24, 2.45) is 5.92 Å². The van der Waals surface area contributed by atoms with Crippen LogP contribution in [-0.2, 0) is 0 Å². The second kappa shape index (κ2) is 5.21. The Morgan fingerprint density at radius 3 is 2.65 bits per heavy atom. The first-order chi connectivity index (χ1) is 8.24. The molecule has 1 aromatic carbocycles. The van der Waals surface area contributed by atoms with E-state index in [1.807, 2.05) is 18.3 Å². The van der Waals surface area contributed by atoms with Gasteiger partial charge in [-0.1, -0.05) is 25.5 Å². The van der Waals surface area contributed by atoms with Crippen LogP contribution in [0.5, 0.6) is 5.75 Å². The number of rotatable bonds is 4. The van der Waals surface area contributed by atoms with Crippen LogP contribution in [0, 0.1) is 11.1 Å². The third-order valence-corrected chi connectivity index (χ3v) is 3.42. The summed E-state index contributed by atoms with van der Waals surface area (Å²) in [4.78, 5) is 0. The maximum atomic E-state index is 11.5. The maximum absolute atomic E-state index is 11.5. The van der Waals surface area contributed by atoms with E-state index in [0.29, 0.717) is 18.4 Å². The molecule has 0 spiro atoms. The van der Waals surface area contributed by atoms with E-state index in [-0.39, 0.29) is 0 Å². The number of nitrogens with zero attached hydrogens (tertiary/aromatic N) is 1. The molecule has 0 saturated carbocycles. The van der Waals surface area contributed by atoms with E-state index in [9.17, 15) is 5.21 Å². The van der Waals surface area contributed by atoms with Crippen molar-refractivity contribution in [2.45, 2.75) is 25.7 Å².